The van der Waals surface area contributed by atoms with Crippen LogP contribution in [0.1, 0.15) is 0 Å². The zero-order chi connectivity index (χ0) is 0. The van der Waals surface area contributed by atoms with Gasteiger partial charge in [0.15, 0.2) is 0 Å². The molecule has 4 heteroatoms. The van der Waals surface area contributed by atoms with E-state index in [1.165, 1.54) is 0 Å². The first-order valence-electron chi connectivity index (χ1n) is 0. The summed E-state index contributed by atoms with van der Waals surface area (Å²) in [4.78, 5) is 0. The van der Waals surface area contributed by atoms with Crippen molar-refractivity contribution in [3.63, 3.8) is 0 Å². The average molecular weight is 171 g/mol. The van der Waals surface area contributed by atoms with E-state index in [-0.39, 0.29) is 67.1 Å². The van der Waals surface area contributed by atoms with Crippen LogP contribution in [0.25, 0.3) is 0 Å². The number of hydrogen-bond donors (Lipinski definition) is 0. The third-order valence-electron chi connectivity index (χ3n) is 0. The maximum absolute atomic E-state index is 0. The van der Waals surface area contributed by atoms with Gasteiger partial charge in [-0.1, -0.05) is 0 Å². The van der Waals surface area contributed by atoms with Gasteiger partial charge >= 0.3 is 40.1 Å². The van der Waals surface area contributed by atoms with E-state index in [4.69, 9.17) is 0 Å². The summed E-state index contributed by atoms with van der Waals surface area (Å²) in [6.45, 7) is 0. The normalized spacial score (nSPS) is 0. The fraction of sp³-hybridized carbons (Fsp3) is 0. The van der Waals surface area contributed by atoms with Gasteiger partial charge in [-0.25, -0.2) is 0 Å². The van der Waals surface area contributed by atoms with Crippen molar-refractivity contribution in [1.29, 1.82) is 0 Å². The van der Waals surface area contributed by atoms with Crippen molar-refractivity contribution in [2.75, 3.05) is 0 Å². The average Bonchev–Trinajstić information content (AvgIpc) is 0. The van der Waals surface area contributed by atoms with Crippen LogP contribution in [0.2, 0.25) is 0 Å². The molecule has 0 fully saturated rings. The van der Waals surface area contributed by atoms with E-state index in [1.54, 1.807) is 0 Å². The van der Waals surface area contributed by atoms with Crippen LogP contribution in [0, 0.1) is 0 Å². The first-order valence-corrected chi connectivity index (χ1v) is 0. The molecule has 0 aromatic rings. The van der Waals surface area contributed by atoms with Gasteiger partial charge in [0.25, 0.3) is 0 Å². The van der Waals surface area contributed by atoms with E-state index in [9.17, 15) is 0 Å². The second-order valence-corrected chi connectivity index (χ2v) is 0. The van der Waals surface area contributed by atoms with Crippen molar-refractivity contribution in [1.82, 2.24) is 0 Å². The second-order valence-electron chi connectivity index (χ2n) is 0. The summed E-state index contributed by atoms with van der Waals surface area (Å²) in [5.74, 6) is 0. The van der Waals surface area contributed by atoms with Gasteiger partial charge in [0.2, 0.25) is 0 Å². The molecule has 0 radical (unpaired) electrons. The van der Waals surface area contributed by atoms with Crippen LogP contribution in [-0.2, 0) is 13.5 Å². The zero-order valence-electron chi connectivity index (χ0n) is 2.12. The minimum absolute atomic E-state index is 0. The number of rotatable bonds is 0. The van der Waals surface area contributed by atoms with Gasteiger partial charge in [-0.3, -0.25) is 0 Å². The predicted octanol–water partition coefficient (Wildman–Crippen LogP) is -1.19. The topological polar surface area (TPSA) is 0 Å². The summed E-state index contributed by atoms with van der Waals surface area (Å²) in [5, 5.41) is 0. The molecule has 0 N–H and O–H groups in total. The molecule has 0 saturated carbocycles. The predicted molar refractivity (Wildman–Crippen MR) is 32.0 cm³/mol. The Morgan fingerprint density at radius 3 is 1.00 bits per heavy atom. The van der Waals surface area contributed by atoms with Crippen molar-refractivity contribution >= 4 is 67.1 Å². The van der Waals surface area contributed by atoms with Crippen LogP contribution >= 0.6 is 13.5 Å². The Morgan fingerprint density at radius 2 is 1.00 bits per heavy atom. The Bertz CT molecular complexity index is 6.00. The molecule has 0 atom stereocenters. The molecule has 24 valence electrons. The van der Waals surface area contributed by atoms with Gasteiger partial charge in [-0.15, -0.1) is 0 Å². The molecule has 0 bridgehead atoms. The van der Waals surface area contributed by atoms with E-state index < -0.39 is 0 Å². The summed E-state index contributed by atoms with van der Waals surface area (Å²) in [6, 6.07) is 0. The molecular weight excluding hydrogens is 167 g/mol. The molecular formula is H4MgS2Se. The Labute approximate surface area is 66.6 Å². The summed E-state index contributed by atoms with van der Waals surface area (Å²) >= 11 is 0. The Kier molecular flexibility index (Phi) is 189. The van der Waals surface area contributed by atoms with Gasteiger partial charge in [0.05, 0.1) is 0 Å². The standard InChI is InChI=1S/Mg.H2S.S.H2Se/h;1H2;;1H2/q+2;;-2;. The molecule has 0 aliphatic heterocycles. The summed E-state index contributed by atoms with van der Waals surface area (Å²) < 4.78 is 0. The quantitative estimate of drug-likeness (QED) is 0.402. The Balaban J connectivity index is 0. The summed E-state index contributed by atoms with van der Waals surface area (Å²) in [5.41, 5.74) is 0. The third-order valence-corrected chi connectivity index (χ3v) is 0. The fourth-order valence-electron chi connectivity index (χ4n) is 0. The zero-order valence-corrected chi connectivity index (χ0v) is 7.44. The first-order chi connectivity index (χ1) is 0. The van der Waals surface area contributed by atoms with Crippen LogP contribution in [0.3, 0.4) is 0 Å². The summed E-state index contributed by atoms with van der Waals surface area (Å²) in [7, 11) is 0. The van der Waals surface area contributed by atoms with E-state index >= 15 is 0 Å². The van der Waals surface area contributed by atoms with Crippen molar-refractivity contribution in [2.45, 2.75) is 0 Å². The third kappa shape index (κ3) is 9.01. The Morgan fingerprint density at radius 1 is 1.00 bits per heavy atom. The molecule has 0 unspecified atom stereocenters. The van der Waals surface area contributed by atoms with E-state index in [2.05, 4.69) is 0 Å². The van der Waals surface area contributed by atoms with Gasteiger partial charge in [-0.2, -0.15) is 13.5 Å². The molecule has 0 aliphatic carbocycles. The first kappa shape index (κ1) is 37.7. The second kappa shape index (κ2) is 20.1. The van der Waals surface area contributed by atoms with Crippen LogP contribution in [0.4, 0.5) is 0 Å². The molecule has 0 spiro atoms. The van der Waals surface area contributed by atoms with Crippen LogP contribution in [0.15, 0.2) is 0 Å². The molecule has 0 nitrogen and oxygen atoms in total. The van der Waals surface area contributed by atoms with Crippen LogP contribution in [-0.4, -0.2) is 40.1 Å². The summed E-state index contributed by atoms with van der Waals surface area (Å²) in [6.07, 6.45) is 0. The van der Waals surface area contributed by atoms with Crippen molar-refractivity contribution in [2.24, 2.45) is 0 Å². The molecule has 4 heavy (non-hydrogen) atoms. The fourth-order valence-corrected chi connectivity index (χ4v) is 0. The van der Waals surface area contributed by atoms with Gasteiger partial charge < -0.3 is 13.5 Å². The Hall–Kier alpha value is 1.99. The van der Waals surface area contributed by atoms with E-state index in [0.717, 1.165) is 0 Å². The van der Waals surface area contributed by atoms with Crippen molar-refractivity contribution < 1.29 is 0 Å². The monoisotopic (exact) mass is 172 g/mol. The molecule has 0 aromatic carbocycles. The molecule has 0 heterocycles. The molecule has 0 saturated heterocycles. The van der Waals surface area contributed by atoms with Crippen molar-refractivity contribution in [3.8, 4) is 0 Å². The van der Waals surface area contributed by atoms with E-state index in [1.807, 2.05) is 0 Å². The van der Waals surface area contributed by atoms with E-state index in [0.29, 0.717) is 0 Å². The van der Waals surface area contributed by atoms with Crippen molar-refractivity contribution in [3.05, 3.63) is 0 Å². The SMILES string of the molecule is S.[Mg+2].[S-2].[SeH2]. The molecule has 0 aromatic heterocycles. The van der Waals surface area contributed by atoms with Gasteiger partial charge in [-0.05, 0) is 0 Å². The molecule has 0 amide bonds. The molecule has 0 rings (SSSR count). The van der Waals surface area contributed by atoms with Gasteiger partial charge in [0.1, 0.15) is 0 Å². The van der Waals surface area contributed by atoms with Crippen LogP contribution in [0.5, 0.6) is 0 Å². The number of hydrogen-bond acceptors (Lipinski definition) is 0. The maximum atomic E-state index is 0. The minimum atomic E-state index is 0. The molecule has 0 aliphatic rings. The van der Waals surface area contributed by atoms with Gasteiger partial charge in [0, 0.05) is 0 Å². The van der Waals surface area contributed by atoms with Crippen LogP contribution < -0.4 is 0 Å².